The second kappa shape index (κ2) is 6.98. The number of hydrogen-bond acceptors (Lipinski definition) is 6. The van der Waals surface area contributed by atoms with E-state index in [1.807, 2.05) is 0 Å². The second-order valence-corrected chi connectivity index (χ2v) is 7.69. The van der Waals surface area contributed by atoms with Crippen LogP contribution in [0.25, 0.3) is 5.65 Å². The highest BCUT2D eigenvalue weighted by Crippen LogP contribution is 2.31. The van der Waals surface area contributed by atoms with Gasteiger partial charge in [0.2, 0.25) is 0 Å². The van der Waals surface area contributed by atoms with E-state index in [0.29, 0.717) is 23.6 Å². The van der Waals surface area contributed by atoms with Gasteiger partial charge in [-0.1, -0.05) is 0 Å². The van der Waals surface area contributed by atoms with Gasteiger partial charge in [-0.3, -0.25) is 4.99 Å². The lowest BCUT2D eigenvalue weighted by atomic mass is 10.1. The van der Waals surface area contributed by atoms with Crippen LogP contribution in [0.5, 0.6) is 5.75 Å². The van der Waals surface area contributed by atoms with E-state index in [0.717, 1.165) is 17.5 Å². The molecule has 0 amide bonds. The van der Waals surface area contributed by atoms with E-state index >= 15 is 0 Å². The Morgan fingerprint density at radius 3 is 2.79 bits per heavy atom. The van der Waals surface area contributed by atoms with Gasteiger partial charge in [-0.2, -0.15) is 5.10 Å². The van der Waals surface area contributed by atoms with Gasteiger partial charge in [0.15, 0.2) is 17.2 Å². The number of ether oxygens (including phenoxy) is 1. The number of halogens is 2. The van der Waals surface area contributed by atoms with Crippen molar-refractivity contribution in [1.82, 2.24) is 19.9 Å². The summed E-state index contributed by atoms with van der Waals surface area (Å²) in [6.45, 7) is 6.59. The van der Waals surface area contributed by atoms with Crippen LogP contribution < -0.4 is 15.4 Å². The van der Waals surface area contributed by atoms with Gasteiger partial charge in [0.25, 0.3) is 0 Å². The van der Waals surface area contributed by atoms with Crippen LogP contribution in [0.1, 0.15) is 37.9 Å². The predicted octanol–water partition coefficient (Wildman–Crippen LogP) is 3.32. The molecule has 0 fully saturated rings. The van der Waals surface area contributed by atoms with Crippen LogP contribution in [0.4, 0.5) is 14.6 Å². The maximum absolute atomic E-state index is 14.0. The van der Waals surface area contributed by atoms with Crippen LogP contribution >= 0.6 is 0 Å². The Hall–Kier alpha value is -3.23. The fraction of sp³-hybridized carbons (Fsp3) is 0.350. The molecule has 0 aliphatic carbocycles. The van der Waals surface area contributed by atoms with E-state index in [-0.39, 0.29) is 11.3 Å². The summed E-state index contributed by atoms with van der Waals surface area (Å²) in [4.78, 5) is 9.19. The molecule has 152 valence electrons. The molecule has 0 saturated heterocycles. The molecular formula is C20H22F2N6O. The highest BCUT2D eigenvalue weighted by atomic mass is 19.1. The molecule has 3 aromatic rings. The average molecular weight is 400 g/mol. The molecule has 4 rings (SSSR count). The number of amidine groups is 1. The minimum atomic E-state index is -0.745. The second-order valence-electron chi connectivity index (χ2n) is 7.69. The molecular weight excluding hydrogens is 378 g/mol. The van der Waals surface area contributed by atoms with Gasteiger partial charge < -0.3 is 15.4 Å². The van der Waals surface area contributed by atoms with Crippen LogP contribution in [-0.2, 0) is 0 Å². The molecule has 0 radical (unpaired) electrons. The van der Waals surface area contributed by atoms with Crippen LogP contribution in [0.3, 0.4) is 0 Å². The fourth-order valence-electron chi connectivity index (χ4n) is 3.36. The summed E-state index contributed by atoms with van der Waals surface area (Å²) in [5.74, 6) is -0.121. The highest BCUT2D eigenvalue weighted by molar-refractivity contribution is 6.05. The molecule has 1 aliphatic heterocycles. The van der Waals surface area contributed by atoms with Crippen LogP contribution in [0.2, 0.25) is 0 Å². The molecule has 2 N–H and O–H groups in total. The van der Waals surface area contributed by atoms with Crippen molar-refractivity contribution in [2.75, 3.05) is 19.0 Å². The molecule has 0 saturated carbocycles. The van der Waals surface area contributed by atoms with Crippen LogP contribution in [0.15, 0.2) is 35.6 Å². The quantitative estimate of drug-likeness (QED) is 0.687. The number of methoxy groups -OCH3 is 1. The van der Waals surface area contributed by atoms with Crippen molar-refractivity contribution >= 4 is 17.3 Å². The van der Waals surface area contributed by atoms with E-state index in [9.17, 15) is 8.78 Å². The van der Waals surface area contributed by atoms with E-state index in [2.05, 4.69) is 39.6 Å². The van der Waals surface area contributed by atoms with Crippen molar-refractivity contribution < 1.29 is 13.5 Å². The molecule has 0 bridgehead atoms. The largest absolute Gasteiger partial charge is 0.493 e. The standard InChI is InChI=1S/C20H22F2N6O/c1-11(13-7-12(21)8-15(22)17(13)29-4)25-16-5-6-28-19(26-16)14(9-24-28)18-23-10-20(2,3)27-18/h5-9,11H,10H2,1-4H3,(H,23,27)(H,25,26). The van der Waals surface area contributed by atoms with Crippen molar-refractivity contribution in [1.29, 1.82) is 0 Å². The van der Waals surface area contributed by atoms with Crippen molar-refractivity contribution in [3.8, 4) is 5.75 Å². The first kappa shape index (κ1) is 19.1. The zero-order chi connectivity index (χ0) is 20.8. The first-order chi connectivity index (χ1) is 13.8. The van der Waals surface area contributed by atoms with Gasteiger partial charge in [-0.15, -0.1) is 0 Å². The number of benzene rings is 1. The Morgan fingerprint density at radius 2 is 2.10 bits per heavy atom. The molecule has 1 atom stereocenters. The number of hydrogen-bond donors (Lipinski definition) is 2. The molecule has 9 heteroatoms. The smallest absolute Gasteiger partial charge is 0.168 e. The van der Waals surface area contributed by atoms with Gasteiger partial charge in [0, 0.05) is 17.8 Å². The molecule has 29 heavy (non-hydrogen) atoms. The van der Waals surface area contributed by atoms with E-state index in [1.54, 1.807) is 29.9 Å². The van der Waals surface area contributed by atoms with Gasteiger partial charge in [-0.25, -0.2) is 18.3 Å². The maximum Gasteiger partial charge on any atom is 0.168 e. The SMILES string of the molecule is COc1c(F)cc(F)cc1C(C)Nc1ccn2ncc(C3=NCC(C)(C)N3)c2n1. The summed E-state index contributed by atoms with van der Waals surface area (Å²) >= 11 is 0. The minimum Gasteiger partial charge on any atom is -0.493 e. The molecule has 1 unspecified atom stereocenters. The van der Waals surface area contributed by atoms with E-state index in [4.69, 9.17) is 4.74 Å². The number of rotatable bonds is 5. The number of nitrogens with zero attached hydrogens (tertiary/aromatic N) is 4. The first-order valence-corrected chi connectivity index (χ1v) is 9.24. The Labute approximate surface area is 166 Å². The van der Waals surface area contributed by atoms with Gasteiger partial charge in [0.1, 0.15) is 17.5 Å². The van der Waals surface area contributed by atoms with Crippen molar-refractivity contribution in [2.45, 2.75) is 32.4 Å². The molecule has 1 aliphatic rings. The van der Waals surface area contributed by atoms with Crippen molar-refractivity contribution in [2.24, 2.45) is 4.99 Å². The van der Waals surface area contributed by atoms with Crippen molar-refractivity contribution in [3.05, 3.63) is 53.4 Å². The summed E-state index contributed by atoms with van der Waals surface area (Å²) in [5, 5.41) is 10.9. The highest BCUT2D eigenvalue weighted by Gasteiger charge is 2.27. The van der Waals surface area contributed by atoms with Gasteiger partial charge >= 0.3 is 0 Å². The number of fused-ring (bicyclic) bond motifs is 1. The minimum absolute atomic E-state index is 0.00395. The van der Waals surface area contributed by atoms with Crippen LogP contribution in [0, 0.1) is 11.6 Å². The van der Waals surface area contributed by atoms with Gasteiger partial charge in [-0.05, 0) is 32.9 Å². The zero-order valence-corrected chi connectivity index (χ0v) is 16.6. The zero-order valence-electron chi connectivity index (χ0n) is 16.6. The molecule has 3 heterocycles. The first-order valence-electron chi connectivity index (χ1n) is 9.24. The van der Waals surface area contributed by atoms with Crippen molar-refractivity contribution in [3.63, 3.8) is 0 Å². The Bertz CT molecular complexity index is 1110. The number of nitrogens with one attached hydrogen (secondary N) is 2. The molecule has 1 aromatic carbocycles. The lowest BCUT2D eigenvalue weighted by Crippen LogP contribution is -2.39. The number of aromatic nitrogens is 3. The lowest BCUT2D eigenvalue weighted by Gasteiger charge is -2.19. The third-order valence-electron chi connectivity index (χ3n) is 4.79. The summed E-state index contributed by atoms with van der Waals surface area (Å²) in [7, 11) is 1.35. The average Bonchev–Trinajstić information content (AvgIpc) is 3.23. The predicted molar refractivity (Wildman–Crippen MR) is 107 cm³/mol. The summed E-state index contributed by atoms with van der Waals surface area (Å²) < 4.78 is 34.5. The molecule has 2 aromatic heterocycles. The molecule has 7 nitrogen and oxygen atoms in total. The van der Waals surface area contributed by atoms with E-state index < -0.39 is 17.7 Å². The maximum atomic E-state index is 14.0. The monoisotopic (exact) mass is 400 g/mol. The summed E-state index contributed by atoms with van der Waals surface area (Å²) in [6.07, 6.45) is 3.48. The Balaban J connectivity index is 1.65. The number of aliphatic imine (C=N–C) groups is 1. The lowest BCUT2D eigenvalue weighted by molar-refractivity contribution is 0.377. The third-order valence-corrected chi connectivity index (χ3v) is 4.79. The fourth-order valence-corrected chi connectivity index (χ4v) is 3.36. The van der Waals surface area contributed by atoms with E-state index in [1.165, 1.54) is 13.2 Å². The number of anilines is 1. The Kier molecular flexibility index (Phi) is 4.60. The summed E-state index contributed by atoms with van der Waals surface area (Å²) in [5.41, 5.74) is 1.67. The molecule has 0 spiro atoms. The van der Waals surface area contributed by atoms with Crippen LogP contribution in [-0.4, -0.2) is 39.6 Å². The normalized spacial score (nSPS) is 16.4. The summed E-state index contributed by atoms with van der Waals surface area (Å²) in [6, 6.07) is 3.35. The van der Waals surface area contributed by atoms with Gasteiger partial charge in [0.05, 0.1) is 37.0 Å². The topological polar surface area (TPSA) is 75.8 Å². The Morgan fingerprint density at radius 1 is 1.31 bits per heavy atom. The third kappa shape index (κ3) is 3.59.